The zero-order valence-electron chi connectivity index (χ0n) is 6.56. The van der Waals surface area contributed by atoms with Gasteiger partial charge in [0.05, 0.1) is 0 Å². The summed E-state index contributed by atoms with van der Waals surface area (Å²) in [6.45, 7) is 3.03. The molecule has 1 rings (SSSR count). The molecule has 1 heterocycles. The van der Waals surface area contributed by atoms with Crippen molar-refractivity contribution >= 4 is 11.3 Å². The molecule has 0 amide bonds. The Morgan fingerprint density at radius 2 is 2.36 bits per heavy atom. The summed E-state index contributed by atoms with van der Waals surface area (Å²) in [6.07, 6.45) is 0. The van der Waals surface area contributed by atoms with E-state index in [1.165, 1.54) is 9.75 Å². The largest absolute Gasteiger partial charge is 0.309 e. The Hall–Kier alpha value is -0.410. The van der Waals surface area contributed by atoms with Gasteiger partial charge in [0.15, 0.2) is 0 Å². The first kappa shape index (κ1) is 8.68. The Balaban J connectivity index is 2.27. The second-order valence-corrected chi connectivity index (χ2v) is 3.75. The van der Waals surface area contributed by atoms with Crippen molar-refractivity contribution in [3.63, 3.8) is 0 Å². The second-order valence-electron chi connectivity index (χ2n) is 2.38. The lowest BCUT2D eigenvalue weighted by Crippen LogP contribution is -2.14. The molecule has 0 spiro atoms. The molecule has 62 valence electrons. The van der Waals surface area contributed by atoms with E-state index in [4.69, 9.17) is 0 Å². The lowest BCUT2D eigenvalue weighted by Gasteiger charge is -1.96. The van der Waals surface area contributed by atoms with Gasteiger partial charge in [-0.15, -0.1) is 11.3 Å². The summed E-state index contributed by atoms with van der Waals surface area (Å²) in [4.78, 5) is 2.58. The van der Waals surface area contributed by atoms with Gasteiger partial charge < -0.3 is 5.32 Å². The first-order valence-electron chi connectivity index (χ1n) is 3.65. The molecule has 0 radical (unpaired) electrons. The fourth-order valence-electron chi connectivity index (χ4n) is 0.859. The molecule has 0 bridgehead atoms. The van der Waals surface area contributed by atoms with Gasteiger partial charge in [0.25, 0.3) is 0 Å². The van der Waals surface area contributed by atoms with Crippen molar-refractivity contribution in [1.82, 2.24) is 5.32 Å². The molecule has 0 saturated heterocycles. The van der Waals surface area contributed by atoms with Crippen molar-refractivity contribution in [3.8, 4) is 0 Å². The lowest BCUT2D eigenvalue weighted by molar-refractivity contribution is 0.467. The summed E-state index contributed by atoms with van der Waals surface area (Å²) in [5, 5.41) is 3.00. The minimum atomic E-state index is -0.287. The molecule has 1 nitrogen and oxygen atoms in total. The standard InChI is InChI=1S/C8H12FNS/c1-7-2-3-8(11-7)6-10-5-4-9/h2-3,10H,4-6H2,1H3. The molecule has 11 heavy (non-hydrogen) atoms. The predicted molar refractivity (Wildman–Crippen MR) is 46.7 cm³/mol. The van der Waals surface area contributed by atoms with Gasteiger partial charge in [-0.25, -0.2) is 4.39 Å². The van der Waals surface area contributed by atoms with E-state index in [-0.39, 0.29) is 6.67 Å². The van der Waals surface area contributed by atoms with Gasteiger partial charge in [-0.05, 0) is 19.1 Å². The van der Waals surface area contributed by atoms with Crippen LogP contribution in [-0.2, 0) is 6.54 Å². The number of nitrogens with one attached hydrogen (secondary N) is 1. The molecule has 0 aliphatic rings. The van der Waals surface area contributed by atoms with E-state index in [0.717, 1.165) is 6.54 Å². The van der Waals surface area contributed by atoms with E-state index in [2.05, 4.69) is 24.4 Å². The maximum Gasteiger partial charge on any atom is 0.102 e. The van der Waals surface area contributed by atoms with Crippen LogP contribution in [0.15, 0.2) is 12.1 Å². The molecule has 3 heteroatoms. The quantitative estimate of drug-likeness (QED) is 0.688. The fourth-order valence-corrected chi connectivity index (χ4v) is 1.72. The molecule has 0 unspecified atom stereocenters. The topological polar surface area (TPSA) is 12.0 Å². The number of hydrogen-bond acceptors (Lipinski definition) is 2. The minimum absolute atomic E-state index is 0.287. The van der Waals surface area contributed by atoms with Crippen molar-refractivity contribution in [2.75, 3.05) is 13.2 Å². The third kappa shape index (κ3) is 2.99. The van der Waals surface area contributed by atoms with E-state index in [1.54, 1.807) is 11.3 Å². The SMILES string of the molecule is Cc1ccc(CNCCF)s1. The van der Waals surface area contributed by atoms with Crippen LogP contribution in [-0.4, -0.2) is 13.2 Å². The van der Waals surface area contributed by atoms with Crippen LogP contribution in [0.3, 0.4) is 0 Å². The van der Waals surface area contributed by atoms with Crippen molar-refractivity contribution < 1.29 is 4.39 Å². The Morgan fingerprint density at radius 1 is 1.55 bits per heavy atom. The molecule has 0 aliphatic heterocycles. The smallest absolute Gasteiger partial charge is 0.102 e. The summed E-state index contributed by atoms with van der Waals surface area (Å²) in [6, 6.07) is 4.16. The monoisotopic (exact) mass is 173 g/mol. The molecule has 1 N–H and O–H groups in total. The van der Waals surface area contributed by atoms with Gasteiger partial charge in [0, 0.05) is 22.8 Å². The van der Waals surface area contributed by atoms with Crippen LogP contribution in [0.25, 0.3) is 0 Å². The molecule has 1 aromatic heterocycles. The highest BCUT2D eigenvalue weighted by Gasteiger charge is 1.94. The molecule has 1 aromatic rings. The average Bonchev–Trinajstić information content (AvgIpc) is 2.37. The van der Waals surface area contributed by atoms with Crippen LogP contribution in [0, 0.1) is 6.92 Å². The van der Waals surface area contributed by atoms with Crippen LogP contribution in [0.2, 0.25) is 0 Å². The van der Waals surface area contributed by atoms with Crippen LogP contribution in [0.5, 0.6) is 0 Å². The first-order chi connectivity index (χ1) is 5.33. The number of alkyl halides is 1. The third-order valence-corrected chi connectivity index (χ3v) is 2.37. The van der Waals surface area contributed by atoms with Crippen LogP contribution < -0.4 is 5.32 Å². The summed E-state index contributed by atoms with van der Waals surface area (Å²) in [5.74, 6) is 0. The van der Waals surface area contributed by atoms with E-state index >= 15 is 0 Å². The number of aryl methyl sites for hydroxylation is 1. The molecular weight excluding hydrogens is 161 g/mol. The van der Waals surface area contributed by atoms with Crippen LogP contribution >= 0.6 is 11.3 Å². The molecule has 0 saturated carbocycles. The highest BCUT2D eigenvalue weighted by Crippen LogP contribution is 2.14. The molecule has 0 aliphatic carbocycles. The Bertz CT molecular complexity index is 210. The summed E-state index contributed by atoms with van der Waals surface area (Å²) >= 11 is 1.75. The van der Waals surface area contributed by atoms with Crippen LogP contribution in [0.1, 0.15) is 9.75 Å². The first-order valence-corrected chi connectivity index (χ1v) is 4.46. The summed E-state index contributed by atoms with van der Waals surface area (Å²) < 4.78 is 11.6. The van der Waals surface area contributed by atoms with Crippen molar-refractivity contribution in [3.05, 3.63) is 21.9 Å². The Labute approximate surface area is 70.2 Å². The van der Waals surface area contributed by atoms with Gasteiger partial charge in [-0.3, -0.25) is 0 Å². The van der Waals surface area contributed by atoms with Gasteiger partial charge in [-0.1, -0.05) is 0 Å². The van der Waals surface area contributed by atoms with Crippen molar-refractivity contribution in [1.29, 1.82) is 0 Å². The van der Waals surface area contributed by atoms with Crippen molar-refractivity contribution in [2.24, 2.45) is 0 Å². The zero-order chi connectivity index (χ0) is 8.10. The van der Waals surface area contributed by atoms with E-state index in [0.29, 0.717) is 6.54 Å². The lowest BCUT2D eigenvalue weighted by atomic mass is 10.4. The number of rotatable bonds is 4. The summed E-state index contributed by atoms with van der Waals surface area (Å²) in [7, 11) is 0. The fraction of sp³-hybridized carbons (Fsp3) is 0.500. The normalized spacial score (nSPS) is 10.4. The number of thiophene rings is 1. The van der Waals surface area contributed by atoms with E-state index in [9.17, 15) is 4.39 Å². The third-order valence-electron chi connectivity index (χ3n) is 1.37. The molecule has 0 fully saturated rings. The molecular formula is C8H12FNS. The highest BCUT2D eigenvalue weighted by molar-refractivity contribution is 7.11. The predicted octanol–water partition coefficient (Wildman–Crippen LogP) is 2.12. The summed E-state index contributed by atoms with van der Waals surface area (Å²) in [5.41, 5.74) is 0. The minimum Gasteiger partial charge on any atom is -0.309 e. The Morgan fingerprint density at radius 3 is 2.91 bits per heavy atom. The molecule has 0 atom stereocenters. The highest BCUT2D eigenvalue weighted by atomic mass is 32.1. The number of hydrogen-bond donors (Lipinski definition) is 1. The maximum absolute atomic E-state index is 11.6. The van der Waals surface area contributed by atoms with Gasteiger partial charge in [0.2, 0.25) is 0 Å². The van der Waals surface area contributed by atoms with Crippen molar-refractivity contribution in [2.45, 2.75) is 13.5 Å². The Kier molecular flexibility index (Phi) is 3.52. The van der Waals surface area contributed by atoms with Gasteiger partial charge in [0.1, 0.15) is 6.67 Å². The average molecular weight is 173 g/mol. The van der Waals surface area contributed by atoms with E-state index in [1.807, 2.05) is 0 Å². The van der Waals surface area contributed by atoms with Crippen LogP contribution in [0.4, 0.5) is 4.39 Å². The second kappa shape index (κ2) is 4.46. The van der Waals surface area contributed by atoms with Gasteiger partial charge in [-0.2, -0.15) is 0 Å². The van der Waals surface area contributed by atoms with E-state index < -0.39 is 0 Å². The maximum atomic E-state index is 11.6. The van der Waals surface area contributed by atoms with Gasteiger partial charge >= 0.3 is 0 Å². The number of halogens is 1. The molecule has 0 aromatic carbocycles. The zero-order valence-corrected chi connectivity index (χ0v) is 7.38.